The molecule has 1 aromatic heterocycles. The van der Waals surface area contributed by atoms with Gasteiger partial charge in [-0.15, -0.1) is 0 Å². The smallest absolute Gasteiger partial charge is 0.239 e. The van der Waals surface area contributed by atoms with E-state index in [2.05, 4.69) is 25.9 Å². The van der Waals surface area contributed by atoms with Crippen molar-refractivity contribution in [3.8, 4) is 0 Å². The van der Waals surface area contributed by atoms with Crippen molar-refractivity contribution in [1.82, 2.24) is 15.3 Å². The molecular formula is C11H19N5O. The van der Waals surface area contributed by atoms with Crippen LogP contribution in [-0.2, 0) is 4.79 Å². The Balaban J connectivity index is 2.57. The number of rotatable bonds is 5. The zero-order valence-corrected chi connectivity index (χ0v) is 10.7. The Hall–Kier alpha value is -1.85. The van der Waals surface area contributed by atoms with E-state index in [0.717, 1.165) is 5.82 Å². The minimum Gasteiger partial charge on any atom is -0.373 e. The molecule has 0 saturated heterocycles. The fraction of sp³-hybridized carbons (Fsp3) is 0.545. The molecule has 1 aromatic rings. The lowest BCUT2D eigenvalue weighted by atomic mass is 10.4. The summed E-state index contributed by atoms with van der Waals surface area (Å²) in [4.78, 5) is 19.8. The monoisotopic (exact) mass is 237 g/mol. The summed E-state index contributed by atoms with van der Waals surface area (Å²) >= 11 is 0. The van der Waals surface area contributed by atoms with Gasteiger partial charge in [-0.05, 0) is 20.8 Å². The van der Waals surface area contributed by atoms with Gasteiger partial charge in [0.2, 0.25) is 5.91 Å². The Morgan fingerprint density at radius 3 is 2.59 bits per heavy atom. The Morgan fingerprint density at radius 1 is 1.35 bits per heavy atom. The molecule has 0 aliphatic rings. The Kier molecular flexibility index (Phi) is 4.68. The van der Waals surface area contributed by atoms with Crippen LogP contribution < -0.4 is 16.0 Å². The van der Waals surface area contributed by atoms with Crippen molar-refractivity contribution in [2.45, 2.75) is 26.8 Å². The average Bonchev–Trinajstić information content (AvgIpc) is 2.24. The quantitative estimate of drug-likeness (QED) is 0.704. The third kappa shape index (κ3) is 4.67. The summed E-state index contributed by atoms with van der Waals surface area (Å²) in [5.74, 6) is 1.97. The number of hydrogen-bond acceptors (Lipinski definition) is 5. The first-order valence-electron chi connectivity index (χ1n) is 5.58. The van der Waals surface area contributed by atoms with Gasteiger partial charge in [-0.25, -0.2) is 9.97 Å². The minimum absolute atomic E-state index is 0.0535. The highest BCUT2D eigenvalue weighted by molar-refractivity contribution is 5.80. The molecule has 0 bridgehead atoms. The molecule has 17 heavy (non-hydrogen) atoms. The van der Waals surface area contributed by atoms with E-state index in [1.165, 1.54) is 0 Å². The molecule has 0 aliphatic carbocycles. The van der Waals surface area contributed by atoms with Gasteiger partial charge >= 0.3 is 0 Å². The number of carbonyl (C=O) groups excluding carboxylic acids is 1. The number of nitrogens with zero attached hydrogens (tertiary/aromatic N) is 2. The number of nitrogens with one attached hydrogen (secondary N) is 3. The second-order valence-electron chi connectivity index (χ2n) is 4.01. The van der Waals surface area contributed by atoms with Crippen molar-refractivity contribution in [2.75, 3.05) is 24.2 Å². The first-order valence-corrected chi connectivity index (χ1v) is 5.58. The van der Waals surface area contributed by atoms with Crippen LogP contribution in [0.25, 0.3) is 0 Å². The Morgan fingerprint density at radius 2 is 2.00 bits per heavy atom. The molecule has 6 heteroatoms. The molecule has 1 amide bonds. The van der Waals surface area contributed by atoms with E-state index >= 15 is 0 Å². The van der Waals surface area contributed by atoms with Gasteiger partial charge in [-0.3, -0.25) is 4.79 Å². The lowest BCUT2D eigenvalue weighted by molar-refractivity contribution is -0.119. The topological polar surface area (TPSA) is 78.9 Å². The van der Waals surface area contributed by atoms with Gasteiger partial charge in [-0.1, -0.05) is 0 Å². The second kappa shape index (κ2) is 6.03. The van der Waals surface area contributed by atoms with E-state index in [0.29, 0.717) is 11.6 Å². The van der Waals surface area contributed by atoms with Crippen molar-refractivity contribution >= 4 is 17.5 Å². The molecule has 0 saturated carbocycles. The third-order valence-electron chi connectivity index (χ3n) is 1.97. The highest BCUT2D eigenvalue weighted by Gasteiger charge is 2.04. The lowest BCUT2D eigenvalue weighted by Crippen LogP contribution is -2.35. The maximum absolute atomic E-state index is 11.4. The largest absolute Gasteiger partial charge is 0.373 e. The molecule has 0 radical (unpaired) electrons. The second-order valence-corrected chi connectivity index (χ2v) is 4.01. The normalized spacial score (nSPS) is 10.2. The molecule has 6 nitrogen and oxygen atoms in total. The fourth-order valence-corrected chi connectivity index (χ4v) is 1.33. The molecule has 0 spiro atoms. The highest BCUT2D eigenvalue weighted by Crippen LogP contribution is 2.09. The number of carbonyl (C=O) groups is 1. The predicted molar refractivity (Wildman–Crippen MR) is 68.1 cm³/mol. The number of hydrogen-bond donors (Lipinski definition) is 3. The molecule has 0 aromatic carbocycles. The van der Waals surface area contributed by atoms with Crippen molar-refractivity contribution in [2.24, 2.45) is 0 Å². The summed E-state index contributed by atoms with van der Waals surface area (Å²) in [7, 11) is 1.79. The van der Waals surface area contributed by atoms with E-state index in [-0.39, 0.29) is 18.5 Å². The zero-order valence-electron chi connectivity index (χ0n) is 10.7. The molecule has 0 unspecified atom stereocenters. The maximum Gasteiger partial charge on any atom is 0.239 e. The first-order chi connectivity index (χ1) is 8.01. The molecular weight excluding hydrogens is 218 g/mol. The summed E-state index contributed by atoms with van der Waals surface area (Å²) in [6.45, 7) is 5.86. The van der Waals surface area contributed by atoms with Crippen molar-refractivity contribution in [1.29, 1.82) is 0 Å². The zero-order chi connectivity index (χ0) is 12.8. The van der Waals surface area contributed by atoms with Gasteiger partial charge < -0.3 is 16.0 Å². The summed E-state index contributed by atoms with van der Waals surface area (Å²) in [5.41, 5.74) is 0. The van der Waals surface area contributed by atoms with E-state index in [1.54, 1.807) is 20.0 Å². The van der Waals surface area contributed by atoms with Gasteiger partial charge in [-0.2, -0.15) is 0 Å². The van der Waals surface area contributed by atoms with Gasteiger partial charge in [0.15, 0.2) is 0 Å². The van der Waals surface area contributed by atoms with Crippen LogP contribution in [0.2, 0.25) is 0 Å². The van der Waals surface area contributed by atoms with Gasteiger partial charge in [0.25, 0.3) is 0 Å². The van der Waals surface area contributed by atoms with Gasteiger partial charge in [0.05, 0.1) is 6.54 Å². The standard InChI is InChI=1S/C11H19N5O/c1-7(2)14-11(17)6-13-10-5-9(12-4)15-8(3)16-10/h5,7H,6H2,1-4H3,(H,14,17)(H2,12,13,15,16). The summed E-state index contributed by atoms with van der Waals surface area (Å²) < 4.78 is 0. The van der Waals surface area contributed by atoms with E-state index in [4.69, 9.17) is 0 Å². The van der Waals surface area contributed by atoms with Crippen LogP contribution in [0.1, 0.15) is 19.7 Å². The molecule has 0 fully saturated rings. The van der Waals surface area contributed by atoms with Crippen LogP contribution in [-0.4, -0.2) is 35.5 Å². The molecule has 94 valence electrons. The number of aryl methyl sites for hydroxylation is 1. The van der Waals surface area contributed by atoms with Crippen LogP contribution >= 0.6 is 0 Å². The molecule has 0 aliphatic heterocycles. The lowest BCUT2D eigenvalue weighted by Gasteiger charge is -2.10. The molecule has 1 heterocycles. The third-order valence-corrected chi connectivity index (χ3v) is 1.97. The van der Waals surface area contributed by atoms with Crippen LogP contribution in [0.4, 0.5) is 11.6 Å². The summed E-state index contributed by atoms with van der Waals surface area (Å²) in [5, 5.41) is 8.69. The fourth-order valence-electron chi connectivity index (χ4n) is 1.33. The van der Waals surface area contributed by atoms with E-state index in [1.807, 2.05) is 13.8 Å². The van der Waals surface area contributed by atoms with Crippen molar-refractivity contribution < 1.29 is 4.79 Å². The number of aromatic nitrogens is 2. The van der Waals surface area contributed by atoms with Crippen LogP contribution in [0.15, 0.2) is 6.07 Å². The van der Waals surface area contributed by atoms with Crippen LogP contribution in [0.3, 0.4) is 0 Å². The maximum atomic E-state index is 11.4. The number of amides is 1. The summed E-state index contributed by atoms with van der Waals surface area (Å²) in [6, 6.07) is 1.90. The predicted octanol–water partition coefficient (Wildman–Crippen LogP) is 0.763. The molecule has 3 N–H and O–H groups in total. The van der Waals surface area contributed by atoms with Crippen molar-refractivity contribution in [3.05, 3.63) is 11.9 Å². The van der Waals surface area contributed by atoms with Gasteiger partial charge in [0.1, 0.15) is 17.5 Å². The van der Waals surface area contributed by atoms with E-state index in [9.17, 15) is 4.79 Å². The molecule has 1 rings (SSSR count). The number of anilines is 2. The van der Waals surface area contributed by atoms with E-state index < -0.39 is 0 Å². The Bertz CT molecular complexity index is 391. The average molecular weight is 237 g/mol. The Labute approximate surface area is 101 Å². The summed E-state index contributed by atoms with van der Waals surface area (Å²) in [6.07, 6.45) is 0. The van der Waals surface area contributed by atoms with Crippen LogP contribution in [0.5, 0.6) is 0 Å². The SMILES string of the molecule is CNc1cc(NCC(=O)NC(C)C)nc(C)n1. The first kappa shape index (κ1) is 13.2. The van der Waals surface area contributed by atoms with Crippen LogP contribution in [0, 0.1) is 6.92 Å². The minimum atomic E-state index is -0.0535. The van der Waals surface area contributed by atoms with Crippen molar-refractivity contribution in [3.63, 3.8) is 0 Å². The highest BCUT2D eigenvalue weighted by atomic mass is 16.1. The molecule has 0 atom stereocenters. The van der Waals surface area contributed by atoms with Gasteiger partial charge in [0, 0.05) is 19.2 Å².